The fraction of sp³-hybridized carbons (Fsp3) is 0.769. The van der Waals surface area contributed by atoms with Crippen LogP contribution in [0.2, 0.25) is 18.1 Å². The third-order valence-electron chi connectivity index (χ3n) is 3.67. The van der Waals surface area contributed by atoms with Gasteiger partial charge in [-0.15, -0.1) is 18.1 Å². The zero-order valence-corrected chi connectivity index (χ0v) is 13.5. The van der Waals surface area contributed by atoms with Crippen molar-refractivity contribution in [2.75, 3.05) is 13.2 Å². The van der Waals surface area contributed by atoms with E-state index in [9.17, 15) is 0 Å². The molecule has 4 nitrogen and oxygen atoms in total. The summed E-state index contributed by atoms with van der Waals surface area (Å²) in [6.07, 6.45) is 1.78. The maximum atomic E-state index is 6.04. The highest BCUT2D eigenvalue weighted by Gasteiger charge is 2.24. The number of aryl methyl sites for hydroxylation is 1. The highest BCUT2D eigenvalue weighted by molar-refractivity contribution is 6.74. The van der Waals surface area contributed by atoms with E-state index in [-0.39, 0.29) is 5.04 Å². The molecule has 0 aliphatic rings. The predicted octanol–water partition coefficient (Wildman–Crippen LogP) is 2.96. The van der Waals surface area contributed by atoms with Gasteiger partial charge in [0.05, 0.1) is 18.9 Å². The van der Waals surface area contributed by atoms with E-state index in [0.717, 1.165) is 5.69 Å². The van der Waals surface area contributed by atoms with Gasteiger partial charge in [0.15, 0.2) is 0 Å². The van der Waals surface area contributed by atoms with Crippen LogP contribution < -0.4 is 0 Å². The summed E-state index contributed by atoms with van der Waals surface area (Å²) in [7, 11) is 0.292. The van der Waals surface area contributed by atoms with E-state index in [2.05, 4.69) is 39.0 Å². The summed E-state index contributed by atoms with van der Waals surface area (Å²) in [6, 6.07) is 1.97. The molecule has 18 heavy (non-hydrogen) atoms. The van der Waals surface area contributed by atoms with Crippen molar-refractivity contribution in [3.8, 4) is 0 Å². The molecule has 0 fully saturated rings. The Labute approximate surface area is 111 Å². The molecule has 0 N–H and O–H groups in total. The van der Waals surface area contributed by atoms with Crippen LogP contribution in [-0.4, -0.2) is 31.3 Å². The van der Waals surface area contributed by atoms with Crippen LogP contribution in [0, 0.1) is 0 Å². The van der Waals surface area contributed by atoms with E-state index in [0.29, 0.717) is 19.8 Å². The molecular weight excluding hydrogens is 244 g/mol. The van der Waals surface area contributed by atoms with Crippen molar-refractivity contribution in [2.45, 2.75) is 45.5 Å². The molecule has 0 aliphatic carbocycles. The molecule has 0 amide bonds. The minimum Gasteiger partial charge on any atom is -0.563 e. The normalized spacial score (nSPS) is 13.0. The molecule has 1 aromatic rings. The van der Waals surface area contributed by atoms with Crippen molar-refractivity contribution in [1.29, 1.82) is 0 Å². The third kappa shape index (κ3) is 4.22. The summed E-state index contributed by atoms with van der Waals surface area (Å²) in [6.45, 7) is 13.2. The highest BCUT2D eigenvalue weighted by Crippen LogP contribution is 2.36. The fourth-order valence-electron chi connectivity index (χ4n) is 1.29. The van der Waals surface area contributed by atoms with E-state index < -0.39 is 8.32 Å². The molecule has 1 aromatic heterocycles. The summed E-state index contributed by atoms with van der Waals surface area (Å²) in [4.78, 5) is 0. The molecule has 0 saturated carbocycles. The zero-order chi connectivity index (χ0) is 13.8. The Balaban J connectivity index is 2.22. The van der Waals surface area contributed by atoms with Gasteiger partial charge < -0.3 is 9.16 Å². The second-order valence-corrected chi connectivity index (χ2v) is 10.9. The Hall–Kier alpha value is -0.653. The zero-order valence-electron chi connectivity index (χ0n) is 12.5. The minimum atomic E-state index is -1.63. The number of nitrogens with zero attached hydrogens (tertiary/aromatic N) is 2. The monoisotopic (exact) mass is 270 g/mol. The molecule has 0 unspecified atom stereocenters. The van der Waals surface area contributed by atoms with Crippen LogP contribution in [0.3, 0.4) is 0 Å². The van der Waals surface area contributed by atoms with Crippen molar-refractivity contribution in [3.63, 3.8) is 0 Å². The van der Waals surface area contributed by atoms with E-state index in [1.165, 1.54) is 0 Å². The average molecular weight is 270 g/mol. The first-order valence-corrected chi connectivity index (χ1v) is 9.33. The molecule has 0 atom stereocenters. The van der Waals surface area contributed by atoms with Gasteiger partial charge in [-0.3, -0.25) is 4.68 Å². The number of ether oxygens (including phenoxy) is 1. The maximum Gasteiger partial charge on any atom is 0.0885 e. The number of hydrogen-bond donors (Lipinski definition) is 0. The molecule has 1 heterocycles. The van der Waals surface area contributed by atoms with Gasteiger partial charge in [0.25, 0.3) is 0 Å². The Morgan fingerprint density at radius 3 is 2.44 bits per heavy atom. The first kappa shape index (κ1) is 15.4. The van der Waals surface area contributed by atoms with Crippen molar-refractivity contribution >= 4 is 8.32 Å². The smallest absolute Gasteiger partial charge is 0.0885 e. The molecular formula is C13H26N2O2Si-. The molecule has 0 spiro atoms. The van der Waals surface area contributed by atoms with Crippen LogP contribution in [0.15, 0.2) is 12.3 Å². The van der Waals surface area contributed by atoms with Crippen LogP contribution in [0.4, 0.5) is 0 Å². The van der Waals surface area contributed by atoms with Crippen LogP contribution in [0.25, 0.3) is 0 Å². The summed E-state index contributed by atoms with van der Waals surface area (Å²) in [5.41, 5.74) is 1.09. The van der Waals surface area contributed by atoms with Crippen molar-refractivity contribution in [2.24, 2.45) is 7.05 Å². The van der Waals surface area contributed by atoms with Crippen molar-refractivity contribution in [3.05, 3.63) is 18.0 Å². The Morgan fingerprint density at radius 1 is 1.28 bits per heavy atom. The molecule has 0 bridgehead atoms. The SMILES string of the molecule is Cn1nccc1COCCO[Si-](C)(C)C(C)(C)C. The van der Waals surface area contributed by atoms with Gasteiger partial charge in [-0.05, 0) is 14.4 Å². The summed E-state index contributed by atoms with van der Waals surface area (Å²) in [5.74, 6) is 0. The second-order valence-electron chi connectivity index (χ2n) is 6.11. The lowest BCUT2D eigenvalue weighted by Crippen LogP contribution is -2.41. The lowest BCUT2D eigenvalue weighted by Gasteiger charge is -2.48. The summed E-state index contributed by atoms with van der Waals surface area (Å²) in [5, 5.41) is 4.36. The summed E-state index contributed by atoms with van der Waals surface area (Å²) >= 11 is 0. The Bertz CT molecular complexity index is 369. The number of aromatic nitrogens is 2. The largest absolute Gasteiger partial charge is 0.563 e. The van der Waals surface area contributed by atoms with Crippen molar-refractivity contribution < 1.29 is 9.16 Å². The Morgan fingerprint density at radius 2 is 1.94 bits per heavy atom. The van der Waals surface area contributed by atoms with Gasteiger partial charge in [-0.2, -0.15) is 5.10 Å². The molecule has 1 rings (SSSR count). The molecule has 105 valence electrons. The van der Waals surface area contributed by atoms with Crippen molar-refractivity contribution in [1.82, 2.24) is 9.78 Å². The van der Waals surface area contributed by atoms with E-state index >= 15 is 0 Å². The molecule has 0 aliphatic heterocycles. The van der Waals surface area contributed by atoms with Crippen LogP contribution in [-0.2, 0) is 22.8 Å². The number of rotatable bonds is 6. The first-order chi connectivity index (χ1) is 8.24. The highest BCUT2D eigenvalue weighted by atomic mass is 28.4. The second kappa shape index (κ2) is 5.99. The Kier molecular flexibility index (Phi) is 5.13. The van der Waals surface area contributed by atoms with E-state index in [4.69, 9.17) is 9.16 Å². The van der Waals surface area contributed by atoms with Gasteiger partial charge in [0, 0.05) is 19.9 Å². The van der Waals surface area contributed by atoms with Crippen LogP contribution >= 0.6 is 0 Å². The van der Waals surface area contributed by atoms with Crippen LogP contribution in [0.1, 0.15) is 26.5 Å². The molecule has 5 heteroatoms. The lowest BCUT2D eigenvalue weighted by molar-refractivity contribution is 0.0809. The number of hydrogen-bond acceptors (Lipinski definition) is 3. The molecule has 0 radical (unpaired) electrons. The van der Waals surface area contributed by atoms with Gasteiger partial charge in [-0.1, -0.05) is 20.8 Å². The topological polar surface area (TPSA) is 36.3 Å². The first-order valence-electron chi connectivity index (χ1n) is 6.42. The van der Waals surface area contributed by atoms with Gasteiger partial charge in [0.2, 0.25) is 0 Å². The van der Waals surface area contributed by atoms with Crippen LogP contribution in [0.5, 0.6) is 0 Å². The molecule has 0 aromatic carbocycles. The molecule has 0 saturated heterocycles. The quantitative estimate of drug-likeness (QED) is 0.589. The van der Waals surface area contributed by atoms with Gasteiger partial charge in [-0.25, -0.2) is 0 Å². The average Bonchev–Trinajstić information content (AvgIpc) is 2.62. The van der Waals surface area contributed by atoms with Gasteiger partial charge in [0.1, 0.15) is 0 Å². The minimum absolute atomic E-state index is 0.259. The standard InChI is InChI=1S/C13H26N2O2Si/c1-13(2,3)18(5,6)17-10-9-16-11-12-7-8-14-15(12)4/h7-8H,9-11H2,1-6H3/q-1. The van der Waals surface area contributed by atoms with E-state index in [1.54, 1.807) is 6.20 Å². The maximum absolute atomic E-state index is 6.04. The predicted molar refractivity (Wildman–Crippen MR) is 76.0 cm³/mol. The van der Waals surface area contributed by atoms with E-state index in [1.807, 2.05) is 17.8 Å². The third-order valence-corrected chi connectivity index (χ3v) is 8.21. The summed E-state index contributed by atoms with van der Waals surface area (Å²) < 4.78 is 13.5. The van der Waals surface area contributed by atoms with Gasteiger partial charge >= 0.3 is 0 Å². The lowest BCUT2D eigenvalue weighted by atomic mass is 10.2. The fourth-order valence-corrected chi connectivity index (χ4v) is 2.32.